The number of carbonyl (C=O) groups excluding carboxylic acids is 1. The molecule has 6 nitrogen and oxygen atoms in total. The van der Waals surface area contributed by atoms with Crippen molar-refractivity contribution in [3.05, 3.63) is 58.7 Å². The average molecular weight is 429 g/mol. The molecule has 1 aliphatic carbocycles. The van der Waals surface area contributed by atoms with Gasteiger partial charge in [-0.15, -0.1) is 0 Å². The molecule has 2 N–H and O–H groups in total. The molecule has 0 bridgehead atoms. The molecule has 2 aromatic carbocycles. The number of hydrogen-bond donors (Lipinski definition) is 2. The van der Waals surface area contributed by atoms with Crippen LogP contribution in [0, 0.1) is 6.92 Å². The van der Waals surface area contributed by atoms with E-state index >= 15 is 0 Å². The Balaban J connectivity index is 1.63. The third-order valence-electron chi connectivity index (χ3n) is 5.96. The summed E-state index contributed by atoms with van der Waals surface area (Å²) in [5.74, 6) is -0.170. The number of aryl methyl sites for hydroxylation is 1. The number of fused-ring (bicyclic) bond motifs is 1. The van der Waals surface area contributed by atoms with E-state index in [1.807, 2.05) is 25.1 Å². The molecule has 7 heteroatoms. The summed E-state index contributed by atoms with van der Waals surface area (Å²) in [6.45, 7) is 3.06. The Bertz CT molecular complexity index is 1040. The van der Waals surface area contributed by atoms with Crippen LogP contribution in [-0.4, -0.2) is 33.6 Å². The van der Waals surface area contributed by atoms with Gasteiger partial charge in [0.2, 0.25) is 10.0 Å². The second kappa shape index (κ2) is 8.88. The van der Waals surface area contributed by atoms with Gasteiger partial charge in [0.1, 0.15) is 0 Å². The molecular formula is C23H28N2O4S. The Labute approximate surface area is 178 Å². The number of nitrogens with one attached hydrogen (secondary N) is 2. The van der Waals surface area contributed by atoms with Crippen LogP contribution in [0.1, 0.15) is 52.7 Å². The van der Waals surface area contributed by atoms with Gasteiger partial charge in [-0.05, 0) is 80.3 Å². The Morgan fingerprint density at radius 1 is 1.00 bits per heavy atom. The largest absolute Gasteiger partial charge is 0.381 e. The van der Waals surface area contributed by atoms with Gasteiger partial charge < -0.3 is 10.1 Å². The number of anilines is 1. The van der Waals surface area contributed by atoms with Crippen LogP contribution in [0.15, 0.2) is 41.3 Å². The predicted molar refractivity (Wildman–Crippen MR) is 116 cm³/mol. The summed E-state index contributed by atoms with van der Waals surface area (Å²) in [5, 5.41) is 3.02. The highest BCUT2D eigenvalue weighted by Gasteiger charge is 2.28. The van der Waals surface area contributed by atoms with Crippen LogP contribution >= 0.6 is 0 Å². The lowest BCUT2D eigenvalue weighted by molar-refractivity contribution is 0.0832. The first-order valence-electron chi connectivity index (χ1n) is 10.6. The lowest BCUT2D eigenvalue weighted by Crippen LogP contribution is -2.39. The minimum absolute atomic E-state index is 0.0941. The molecule has 160 valence electrons. The summed E-state index contributed by atoms with van der Waals surface area (Å²) in [6.07, 6.45) is 4.77. The molecule has 0 atom stereocenters. The normalized spacial score (nSPS) is 17.4. The molecule has 1 saturated heterocycles. The summed E-state index contributed by atoms with van der Waals surface area (Å²) in [5.41, 5.74) is 4.02. The van der Waals surface area contributed by atoms with E-state index in [1.54, 1.807) is 18.2 Å². The number of sulfonamides is 1. The molecule has 30 heavy (non-hydrogen) atoms. The van der Waals surface area contributed by atoms with Crippen LogP contribution in [-0.2, 0) is 27.6 Å². The van der Waals surface area contributed by atoms with Crippen LogP contribution < -0.4 is 10.0 Å². The van der Waals surface area contributed by atoms with E-state index in [9.17, 15) is 13.2 Å². The Kier molecular flexibility index (Phi) is 6.22. The zero-order chi connectivity index (χ0) is 21.1. The standard InChI is InChI=1S/C23H28N2O4S/c1-16-6-2-3-7-18(16)23(26)24-21-10-11-22(20-9-5-4-8-19(20)21)30(27,28)25-17-12-14-29-15-13-17/h2-3,6-7,10-11,17,25H,4-5,8-9,12-15H2,1H3,(H,24,26). The highest BCUT2D eigenvalue weighted by atomic mass is 32.2. The van der Waals surface area contributed by atoms with Crippen molar-refractivity contribution in [2.24, 2.45) is 0 Å². The first-order chi connectivity index (χ1) is 14.5. The lowest BCUT2D eigenvalue weighted by Gasteiger charge is -2.26. The zero-order valence-corrected chi connectivity index (χ0v) is 18.1. The fraction of sp³-hybridized carbons (Fsp3) is 0.435. The molecule has 1 amide bonds. The molecule has 0 saturated carbocycles. The molecule has 2 aliphatic rings. The van der Waals surface area contributed by atoms with Crippen LogP contribution in [0.5, 0.6) is 0 Å². The second-order valence-corrected chi connectivity index (χ2v) is 9.73. The maximum absolute atomic E-state index is 13.1. The number of rotatable bonds is 5. The minimum atomic E-state index is -3.62. The van der Waals surface area contributed by atoms with E-state index in [1.165, 1.54) is 0 Å². The molecule has 1 heterocycles. The van der Waals surface area contributed by atoms with Crippen molar-refractivity contribution < 1.29 is 17.9 Å². The molecule has 0 aromatic heterocycles. The quantitative estimate of drug-likeness (QED) is 0.762. The van der Waals surface area contributed by atoms with Gasteiger partial charge in [-0.1, -0.05) is 18.2 Å². The van der Waals surface area contributed by atoms with Crippen molar-refractivity contribution in [3.63, 3.8) is 0 Å². The molecule has 1 fully saturated rings. The van der Waals surface area contributed by atoms with Gasteiger partial charge in [0.05, 0.1) is 4.90 Å². The van der Waals surface area contributed by atoms with Crippen molar-refractivity contribution in [2.45, 2.75) is 56.4 Å². The van der Waals surface area contributed by atoms with Crippen LogP contribution in [0.4, 0.5) is 5.69 Å². The predicted octanol–water partition coefficient (Wildman–Crippen LogP) is 3.58. The van der Waals surface area contributed by atoms with Gasteiger partial charge >= 0.3 is 0 Å². The van der Waals surface area contributed by atoms with Gasteiger partial charge in [0, 0.05) is 30.5 Å². The van der Waals surface area contributed by atoms with E-state index in [-0.39, 0.29) is 11.9 Å². The average Bonchev–Trinajstić information content (AvgIpc) is 2.74. The number of hydrogen-bond acceptors (Lipinski definition) is 4. The van der Waals surface area contributed by atoms with Crippen molar-refractivity contribution in [3.8, 4) is 0 Å². The summed E-state index contributed by atoms with van der Waals surface area (Å²) in [7, 11) is -3.62. The monoisotopic (exact) mass is 428 g/mol. The van der Waals surface area contributed by atoms with Crippen molar-refractivity contribution in [2.75, 3.05) is 18.5 Å². The van der Waals surface area contributed by atoms with E-state index in [0.29, 0.717) is 48.6 Å². The van der Waals surface area contributed by atoms with Crippen molar-refractivity contribution in [1.29, 1.82) is 0 Å². The van der Waals surface area contributed by atoms with E-state index < -0.39 is 10.0 Å². The summed E-state index contributed by atoms with van der Waals surface area (Å²) < 4.78 is 34.5. The topological polar surface area (TPSA) is 84.5 Å². The highest BCUT2D eigenvalue weighted by Crippen LogP contribution is 2.33. The number of ether oxygens (including phenoxy) is 1. The van der Waals surface area contributed by atoms with Crippen LogP contribution in [0.2, 0.25) is 0 Å². The first kappa shape index (κ1) is 21.0. The van der Waals surface area contributed by atoms with E-state index in [0.717, 1.165) is 36.0 Å². The fourth-order valence-electron chi connectivity index (χ4n) is 4.32. The molecular weight excluding hydrogens is 400 g/mol. The third kappa shape index (κ3) is 4.43. The first-order valence-corrected chi connectivity index (χ1v) is 12.1. The Morgan fingerprint density at radius 2 is 1.70 bits per heavy atom. The molecule has 0 radical (unpaired) electrons. The Hall–Kier alpha value is -2.22. The zero-order valence-electron chi connectivity index (χ0n) is 17.2. The summed E-state index contributed by atoms with van der Waals surface area (Å²) >= 11 is 0. The SMILES string of the molecule is Cc1ccccc1C(=O)Nc1ccc(S(=O)(=O)NC2CCOCC2)c2c1CCCC2. The number of carbonyl (C=O) groups is 1. The van der Waals surface area contributed by atoms with Gasteiger partial charge in [0.25, 0.3) is 5.91 Å². The Morgan fingerprint density at radius 3 is 2.43 bits per heavy atom. The molecule has 4 rings (SSSR count). The number of amides is 1. The second-order valence-electron chi connectivity index (χ2n) is 8.05. The molecule has 0 spiro atoms. The smallest absolute Gasteiger partial charge is 0.255 e. The maximum Gasteiger partial charge on any atom is 0.255 e. The van der Waals surface area contributed by atoms with Gasteiger partial charge in [-0.3, -0.25) is 4.79 Å². The van der Waals surface area contributed by atoms with Crippen molar-refractivity contribution >= 4 is 21.6 Å². The summed E-state index contributed by atoms with van der Waals surface area (Å²) in [4.78, 5) is 13.2. The third-order valence-corrected chi connectivity index (χ3v) is 7.57. The fourth-order valence-corrected chi connectivity index (χ4v) is 5.92. The maximum atomic E-state index is 13.1. The number of benzene rings is 2. The van der Waals surface area contributed by atoms with Crippen LogP contribution in [0.25, 0.3) is 0 Å². The molecule has 0 unspecified atom stereocenters. The van der Waals surface area contributed by atoms with Crippen molar-refractivity contribution in [1.82, 2.24) is 4.72 Å². The van der Waals surface area contributed by atoms with Crippen LogP contribution in [0.3, 0.4) is 0 Å². The summed E-state index contributed by atoms with van der Waals surface area (Å²) in [6, 6.07) is 10.7. The van der Waals surface area contributed by atoms with E-state index in [4.69, 9.17) is 4.74 Å². The van der Waals surface area contributed by atoms with E-state index in [2.05, 4.69) is 10.0 Å². The minimum Gasteiger partial charge on any atom is -0.381 e. The highest BCUT2D eigenvalue weighted by molar-refractivity contribution is 7.89. The van der Waals surface area contributed by atoms with Gasteiger partial charge in [0.15, 0.2) is 0 Å². The lowest BCUT2D eigenvalue weighted by atomic mass is 9.90. The van der Waals surface area contributed by atoms with Gasteiger partial charge in [-0.25, -0.2) is 13.1 Å². The molecule has 1 aliphatic heterocycles. The molecule has 2 aromatic rings. The van der Waals surface area contributed by atoms with Gasteiger partial charge in [-0.2, -0.15) is 0 Å².